The Bertz CT molecular complexity index is 3980. The predicted molar refractivity (Wildman–Crippen MR) is 375 cm³/mol. The second-order valence-corrected chi connectivity index (χ2v) is 24.5. The zero-order valence-electron chi connectivity index (χ0n) is 51.2. The van der Waals surface area contributed by atoms with Crippen molar-refractivity contribution in [3.63, 3.8) is 0 Å². The van der Waals surface area contributed by atoms with Crippen LogP contribution < -0.4 is 9.80 Å². The first kappa shape index (κ1) is 56.9. The van der Waals surface area contributed by atoms with Crippen LogP contribution in [0.5, 0.6) is 0 Å². The summed E-state index contributed by atoms with van der Waals surface area (Å²) in [6.45, 7) is 9.62. The van der Waals surface area contributed by atoms with Gasteiger partial charge in [0, 0.05) is 39.5 Å². The van der Waals surface area contributed by atoms with Gasteiger partial charge in [-0.15, -0.1) is 0 Å². The average Bonchev–Trinajstić information content (AvgIpc) is 1.59. The second kappa shape index (κ2) is 25.8. The first-order chi connectivity index (χ1) is 42.9. The zero-order valence-corrected chi connectivity index (χ0v) is 51.2. The van der Waals surface area contributed by atoms with E-state index in [1.165, 1.54) is 153 Å². The fourth-order valence-electron chi connectivity index (χ4n) is 14.2. The van der Waals surface area contributed by atoms with Crippen molar-refractivity contribution in [3.05, 3.63) is 290 Å². The third-order valence-electron chi connectivity index (χ3n) is 19.1. The van der Waals surface area contributed by atoms with Crippen LogP contribution in [0.2, 0.25) is 0 Å². The van der Waals surface area contributed by atoms with Crippen LogP contribution in [0.3, 0.4) is 0 Å². The van der Waals surface area contributed by atoms with Crippen molar-refractivity contribution in [3.8, 4) is 55.6 Å². The minimum atomic E-state index is -0.107. The summed E-state index contributed by atoms with van der Waals surface area (Å²) < 4.78 is 0. The van der Waals surface area contributed by atoms with Crippen LogP contribution in [0.4, 0.5) is 34.1 Å². The van der Waals surface area contributed by atoms with Crippen LogP contribution in [-0.2, 0) is 5.41 Å². The molecule has 2 atom stereocenters. The summed E-state index contributed by atoms with van der Waals surface area (Å²) in [7, 11) is 0. The lowest BCUT2D eigenvalue weighted by molar-refractivity contribution is 0.266. The molecule has 0 aromatic heterocycles. The topological polar surface area (TPSA) is 6.48 Å². The highest BCUT2D eigenvalue weighted by atomic mass is 15.1. The van der Waals surface area contributed by atoms with Gasteiger partial charge < -0.3 is 9.80 Å². The van der Waals surface area contributed by atoms with Gasteiger partial charge in [-0.25, -0.2) is 0 Å². The number of rotatable bonds is 22. The van der Waals surface area contributed by atoms with E-state index in [4.69, 9.17) is 0 Å². The van der Waals surface area contributed by atoms with Crippen molar-refractivity contribution in [1.82, 2.24) is 0 Å². The van der Waals surface area contributed by atoms with Gasteiger partial charge in [0.1, 0.15) is 0 Å². The van der Waals surface area contributed by atoms with Crippen LogP contribution >= 0.6 is 0 Å². The zero-order chi connectivity index (χ0) is 59.1. The normalized spacial score (nSPS) is 13.1. The summed E-state index contributed by atoms with van der Waals surface area (Å²) in [5.41, 5.74) is 22.6. The van der Waals surface area contributed by atoms with Crippen molar-refractivity contribution >= 4 is 55.7 Å². The molecule has 0 saturated heterocycles. The molecule has 0 aliphatic heterocycles. The van der Waals surface area contributed by atoms with E-state index in [1.54, 1.807) is 0 Å². The summed E-state index contributed by atoms with van der Waals surface area (Å²) in [5.74, 6) is 1.27. The Morgan fingerprint density at radius 3 is 0.931 bits per heavy atom. The van der Waals surface area contributed by atoms with Crippen molar-refractivity contribution in [2.75, 3.05) is 9.80 Å². The number of fused-ring (bicyclic) bond motifs is 5. The molecule has 13 rings (SSSR count). The lowest BCUT2D eigenvalue weighted by Crippen LogP contribution is -2.31. The third-order valence-corrected chi connectivity index (χ3v) is 19.1. The van der Waals surface area contributed by atoms with E-state index in [0.29, 0.717) is 11.8 Å². The van der Waals surface area contributed by atoms with Gasteiger partial charge in [0.05, 0.1) is 0 Å². The summed E-state index contributed by atoms with van der Waals surface area (Å²) >= 11 is 0. The van der Waals surface area contributed by atoms with Crippen LogP contribution in [0.15, 0.2) is 279 Å². The van der Waals surface area contributed by atoms with Gasteiger partial charge in [0.2, 0.25) is 0 Å². The molecule has 2 heteroatoms. The number of para-hydroxylation sites is 2. The Balaban J connectivity index is 0.816. The Labute approximate surface area is 517 Å². The molecule has 0 radical (unpaired) electrons. The molecule has 87 heavy (non-hydrogen) atoms. The van der Waals surface area contributed by atoms with Gasteiger partial charge >= 0.3 is 0 Å². The smallest absolute Gasteiger partial charge is 0.0468 e. The second-order valence-electron chi connectivity index (χ2n) is 24.5. The number of anilines is 6. The quantitative estimate of drug-likeness (QED) is 0.0667. The molecular formula is C85H80N2. The molecule has 430 valence electrons. The monoisotopic (exact) mass is 1130 g/mol. The highest BCUT2D eigenvalue weighted by Gasteiger charge is 2.45. The predicted octanol–water partition coefficient (Wildman–Crippen LogP) is 25.1. The van der Waals surface area contributed by atoms with E-state index in [2.05, 4.69) is 317 Å². The molecule has 12 aromatic carbocycles. The number of hydrogen-bond acceptors (Lipinski definition) is 2. The molecule has 0 amide bonds. The molecule has 1 aliphatic rings. The molecule has 0 saturated carbocycles. The molecule has 2 unspecified atom stereocenters. The van der Waals surface area contributed by atoms with Crippen LogP contribution in [0.25, 0.3) is 77.2 Å². The van der Waals surface area contributed by atoms with Gasteiger partial charge in [0.15, 0.2) is 0 Å². The highest BCUT2D eigenvalue weighted by Crippen LogP contribution is 2.58. The Kier molecular flexibility index (Phi) is 16.8. The van der Waals surface area contributed by atoms with E-state index < -0.39 is 0 Å². The number of nitrogens with zero attached hydrogens (tertiary/aromatic N) is 2. The average molecular weight is 1130 g/mol. The minimum absolute atomic E-state index is 0.107. The van der Waals surface area contributed by atoms with E-state index in [0.717, 1.165) is 34.1 Å². The van der Waals surface area contributed by atoms with E-state index in [9.17, 15) is 0 Å². The van der Waals surface area contributed by atoms with Gasteiger partial charge in [-0.1, -0.05) is 273 Å². The lowest BCUT2D eigenvalue weighted by atomic mass is 9.64. The maximum atomic E-state index is 2.63. The standard InChI is InChI=1S/C85H80N2/c1-5-9-21-61(7-3)59-85(60-62(8-4)22-10-6-2)83-57-73(69-35-31-65(32-36-69)67-39-47-77(48-40-67)86(75-27-13-11-14-28-75)79-51-43-63-23-17-19-25-71(63)55-79)45-53-81(83)82-54-46-74(58-84(82)85)70-37-33-66(34-38-70)68-41-49-78(50-42-68)87(76-29-15-12-16-30-76)80-52-44-64-24-18-20-26-72(64)56-80/h11-20,23-58,61-62H,5-10,21-22,59-60H2,1-4H3. The maximum Gasteiger partial charge on any atom is 0.0468 e. The first-order valence-electron chi connectivity index (χ1n) is 32.3. The Hall–Kier alpha value is -9.24. The van der Waals surface area contributed by atoms with Gasteiger partial charge in [-0.3, -0.25) is 0 Å². The van der Waals surface area contributed by atoms with E-state index in [-0.39, 0.29) is 5.41 Å². The number of unbranched alkanes of at least 4 members (excludes halogenated alkanes) is 2. The number of hydrogen-bond donors (Lipinski definition) is 0. The SMILES string of the molecule is CCCCC(CC)CC1(CC(CC)CCCC)c2cc(-c3ccc(-c4ccc(N(c5ccccc5)c5ccc6ccccc6c5)cc4)cc3)ccc2-c2ccc(-c3ccc(-c4ccc(N(c5ccccc5)c5ccc6ccccc6c5)cc4)cc3)cc21. The van der Waals surface area contributed by atoms with Gasteiger partial charge in [-0.2, -0.15) is 0 Å². The fraction of sp³-hybridized carbons (Fsp3) is 0.200. The largest absolute Gasteiger partial charge is 0.310 e. The van der Waals surface area contributed by atoms with Crippen LogP contribution in [0, 0.1) is 11.8 Å². The molecule has 0 fully saturated rings. The summed E-state index contributed by atoms with van der Waals surface area (Å²) in [6.07, 6.45) is 12.3. The van der Waals surface area contributed by atoms with Crippen LogP contribution in [-0.4, -0.2) is 0 Å². The molecule has 0 heterocycles. The summed E-state index contributed by atoms with van der Waals surface area (Å²) in [4.78, 5) is 4.72. The Morgan fingerprint density at radius 1 is 0.276 bits per heavy atom. The number of benzene rings is 12. The van der Waals surface area contributed by atoms with Crippen molar-refractivity contribution in [2.45, 2.75) is 97.3 Å². The summed E-state index contributed by atoms with van der Waals surface area (Å²) in [5, 5.41) is 4.95. The first-order valence-corrected chi connectivity index (χ1v) is 32.3. The molecular weight excluding hydrogens is 1050 g/mol. The molecule has 0 N–H and O–H groups in total. The molecule has 2 nitrogen and oxygen atoms in total. The Morgan fingerprint density at radius 2 is 0.575 bits per heavy atom. The molecule has 0 spiro atoms. The fourth-order valence-corrected chi connectivity index (χ4v) is 14.2. The third kappa shape index (κ3) is 11.8. The van der Waals surface area contributed by atoms with E-state index >= 15 is 0 Å². The highest BCUT2D eigenvalue weighted by molar-refractivity contribution is 5.92. The van der Waals surface area contributed by atoms with Gasteiger partial charge in [-0.05, 0) is 198 Å². The lowest BCUT2D eigenvalue weighted by Gasteiger charge is -2.39. The van der Waals surface area contributed by atoms with Crippen molar-refractivity contribution in [2.24, 2.45) is 11.8 Å². The van der Waals surface area contributed by atoms with Crippen molar-refractivity contribution < 1.29 is 0 Å². The molecule has 1 aliphatic carbocycles. The molecule has 0 bridgehead atoms. The van der Waals surface area contributed by atoms with E-state index in [1.807, 2.05) is 0 Å². The van der Waals surface area contributed by atoms with Crippen molar-refractivity contribution in [1.29, 1.82) is 0 Å². The summed E-state index contributed by atoms with van der Waals surface area (Å²) in [6, 6.07) is 104. The minimum Gasteiger partial charge on any atom is -0.310 e. The molecule has 12 aromatic rings. The maximum absolute atomic E-state index is 2.63. The van der Waals surface area contributed by atoms with Crippen LogP contribution in [0.1, 0.15) is 103 Å². The van der Waals surface area contributed by atoms with Gasteiger partial charge in [0.25, 0.3) is 0 Å².